The quantitative estimate of drug-likeness (QED) is 0.336. The van der Waals surface area contributed by atoms with Gasteiger partial charge in [0.05, 0.1) is 0 Å². The summed E-state index contributed by atoms with van der Waals surface area (Å²) < 4.78 is 4.59. The first-order valence-electron chi connectivity index (χ1n) is 3.47. The first-order chi connectivity index (χ1) is 5.52. The minimum absolute atomic E-state index is 0.375. The third-order valence-corrected chi connectivity index (χ3v) is 1.55. The Balaban J connectivity index is 2.83. The summed E-state index contributed by atoms with van der Waals surface area (Å²) in [6.45, 7) is 2.70. The number of hydrogen-bond donors (Lipinski definition) is 0. The third-order valence-electron chi connectivity index (χ3n) is 1.55. The maximum atomic E-state index is 11.0. The maximum absolute atomic E-state index is 11.0. The van der Waals surface area contributed by atoms with Gasteiger partial charge in [0.25, 0.3) is 0 Å². The van der Waals surface area contributed by atoms with Crippen molar-refractivity contribution in [1.29, 1.82) is 0 Å². The van der Waals surface area contributed by atoms with E-state index in [0.29, 0.717) is 5.76 Å². The Labute approximate surface area is 69.2 Å². The van der Waals surface area contributed by atoms with Crippen LogP contribution in [-0.2, 0) is 19.1 Å². The second-order valence-electron chi connectivity index (χ2n) is 2.60. The van der Waals surface area contributed by atoms with Crippen LogP contribution >= 0.6 is 0 Å². The summed E-state index contributed by atoms with van der Waals surface area (Å²) >= 11 is 0. The number of allylic oxidation sites excluding steroid dienone is 1. The fourth-order valence-electron chi connectivity index (χ4n) is 0.961. The van der Waals surface area contributed by atoms with Gasteiger partial charge in [0.1, 0.15) is 11.7 Å². The number of rotatable bonds is 2. The van der Waals surface area contributed by atoms with Crippen LogP contribution in [0.2, 0.25) is 0 Å². The van der Waals surface area contributed by atoms with Gasteiger partial charge in [-0.25, -0.2) is 0 Å². The molecule has 0 bridgehead atoms. The summed E-state index contributed by atoms with van der Waals surface area (Å²) in [4.78, 5) is 32.5. The number of Topliss-reactive ketones (excluding diaryl/α,β-unsaturated/α-hetero) is 2. The summed E-state index contributed by atoms with van der Waals surface area (Å²) in [5, 5.41) is 0. The molecule has 1 heterocycles. The first-order valence-corrected chi connectivity index (χ1v) is 3.47. The van der Waals surface area contributed by atoms with Gasteiger partial charge in [0, 0.05) is 6.92 Å². The van der Waals surface area contributed by atoms with Crippen LogP contribution in [0, 0.1) is 5.92 Å². The lowest BCUT2D eigenvalue weighted by atomic mass is 10.0. The van der Waals surface area contributed by atoms with Gasteiger partial charge in [-0.3, -0.25) is 14.4 Å². The predicted molar refractivity (Wildman–Crippen MR) is 39.0 cm³/mol. The highest BCUT2D eigenvalue weighted by Crippen LogP contribution is 2.17. The highest BCUT2D eigenvalue weighted by atomic mass is 16.5. The molecule has 0 aromatic rings. The van der Waals surface area contributed by atoms with Crippen LogP contribution in [0.25, 0.3) is 0 Å². The number of cyclic esters (lactones) is 1. The number of esters is 1. The molecule has 0 saturated heterocycles. The molecule has 0 saturated carbocycles. The molecule has 1 atom stereocenters. The van der Waals surface area contributed by atoms with Crippen molar-refractivity contribution in [2.45, 2.75) is 13.8 Å². The van der Waals surface area contributed by atoms with Crippen molar-refractivity contribution in [1.82, 2.24) is 0 Å². The molecule has 0 aromatic carbocycles. The van der Waals surface area contributed by atoms with E-state index < -0.39 is 23.5 Å². The molecule has 0 aliphatic carbocycles. The van der Waals surface area contributed by atoms with Gasteiger partial charge in [-0.1, -0.05) is 0 Å². The molecule has 0 radical (unpaired) electrons. The Morgan fingerprint density at radius 3 is 2.42 bits per heavy atom. The molecule has 0 spiro atoms. The summed E-state index contributed by atoms with van der Waals surface area (Å²) in [7, 11) is 0. The molecule has 4 heteroatoms. The normalized spacial score (nSPS) is 21.7. The summed E-state index contributed by atoms with van der Waals surface area (Å²) in [6, 6.07) is 0. The summed E-state index contributed by atoms with van der Waals surface area (Å²) in [5.41, 5.74) is 0. The van der Waals surface area contributed by atoms with E-state index in [2.05, 4.69) is 4.74 Å². The van der Waals surface area contributed by atoms with Crippen molar-refractivity contribution in [2.24, 2.45) is 5.92 Å². The van der Waals surface area contributed by atoms with E-state index in [9.17, 15) is 14.4 Å². The molecule has 1 aliphatic rings. The number of hydrogen-bond acceptors (Lipinski definition) is 4. The number of ketones is 2. The Kier molecular flexibility index (Phi) is 2.08. The van der Waals surface area contributed by atoms with E-state index in [-0.39, 0.29) is 0 Å². The van der Waals surface area contributed by atoms with Crippen molar-refractivity contribution < 1.29 is 19.1 Å². The summed E-state index contributed by atoms with van der Waals surface area (Å²) in [6.07, 6.45) is 1.35. The van der Waals surface area contributed by atoms with Crippen LogP contribution in [-0.4, -0.2) is 17.5 Å². The van der Waals surface area contributed by atoms with Gasteiger partial charge >= 0.3 is 5.97 Å². The number of carbonyl (C=O) groups is 3. The van der Waals surface area contributed by atoms with E-state index in [1.165, 1.54) is 6.08 Å². The second kappa shape index (κ2) is 2.89. The van der Waals surface area contributed by atoms with Gasteiger partial charge in [-0.15, -0.1) is 0 Å². The van der Waals surface area contributed by atoms with Gasteiger partial charge in [0.15, 0.2) is 5.78 Å². The zero-order valence-electron chi connectivity index (χ0n) is 6.79. The molecule has 1 aliphatic heterocycles. The van der Waals surface area contributed by atoms with E-state index in [1.54, 1.807) is 6.92 Å². The largest absolute Gasteiger partial charge is 0.431 e. The Morgan fingerprint density at radius 2 is 2.08 bits per heavy atom. The van der Waals surface area contributed by atoms with Gasteiger partial charge in [-0.2, -0.15) is 0 Å². The van der Waals surface area contributed by atoms with Crippen molar-refractivity contribution in [2.75, 3.05) is 0 Å². The Bertz CT molecular complexity index is 287. The molecule has 1 unspecified atom stereocenters. The minimum atomic E-state index is -1.01. The predicted octanol–water partition coefficient (Wildman–Crippen LogP) is 0.221. The van der Waals surface area contributed by atoms with E-state index in [4.69, 9.17) is 0 Å². The third kappa shape index (κ3) is 1.42. The van der Waals surface area contributed by atoms with Crippen LogP contribution < -0.4 is 0 Å². The van der Waals surface area contributed by atoms with Crippen LogP contribution in [0.1, 0.15) is 13.8 Å². The fourth-order valence-corrected chi connectivity index (χ4v) is 0.961. The van der Waals surface area contributed by atoms with Crippen LogP contribution in [0.5, 0.6) is 0 Å². The van der Waals surface area contributed by atoms with Gasteiger partial charge in [-0.05, 0) is 13.0 Å². The molecule has 0 N–H and O–H groups in total. The second-order valence-corrected chi connectivity index (χ2v) is 2.60. The smallest absolute Gasteiger partial charge is 0.326 e. The Morgan fingerprint density at radius 1 is 1.50 bits per heavy atom. The van der Waals surface area contributed by atoms with Crippen molar-refractivity contribution in [3.63, 3.8) is 0 Å². The maximum Gasteiger partial charge on any atom is 0.326 e. The van der Waals surface area contributed by atoms with E-state index in [1.807, 2.05) is 0 Å². The van der Waals surface area contributed by atoms with E-state index in [0.717, 1.165) is 6.92 Å². The molecular formula is C8H8O4. The molecule has 4 nitrogen and oxygen atoms in total. The average molecular weight is 168 g/mol. The molecule has 0 amide bonds. The van der Waals surface area contributed by atoms with Crippen LogP contribution in [0.4, 0.5) is 0 Å². The van der Waals surface area contributed by atoms with Crippen molar-refractivity contribution in [3.8, 4) is 0 Å². The molecular weight excluding hydrogens is 160 g/mol. The molecule has 64 valence electrons. The van der Waals surface area contributed by atoms with Crippen LogP contribution in [0.3, 0.4) is 0 Å². The highest BCUT2D eigenvalue weighted by molar-refractivity contribution is 6.41. The zero-order chi connectivity index (χ0) is 9.30. The van der Waals surface area contributed by atoms with E-state index >= 15 is 0 Å². The molecule has 0 aromatic heterocycles. The fraction of sp³-hybridized carbons (Fsp3) is 0.375. The number of carbonyl (C=O) groups excluding carboxylic acids is 3. The minimum Gasteiger partial charge on any atom is -0.431 e. The first kappa shape index (κ1) is 8.64. The average Bonchev–Trinajstić information content (AvgIpc) is 2.28. The lowest BCUT2D eigenvalue weighted by Gasteiger charge is -1.98. The van der Waals surface area contributed by atoms with Crippen molar-refractivity contribution >= 4 is 17.5 Å². The number of ether oxygens (including phenoxy) is 1. The zero-order valence-corrected chi connectivity index (χ0v) is 6.79. The molecule has 12 heavy (non-hydrogen) atoms. The highest BCUT2D eigenvalue weighted by Gasteiger charge is 2.33. The monoisotopic (exact) mass is 168 g/mol. The lowest BCUT2D eigenvalue weighted by Crippen LogP contribution is -2.24. The van der Waals surface area contributed by atoms with Gasteiger partial charge in [0.2, 0.25) is 5.78 Å². The molecule has 1 rings (SSSR count). The summed E-state index contributed by atoms with van der Waals surface area (Å²) in [5.74, 6) is -2.63. The van der Waals surface area contributed by atoms with Gasteiger partial charge < -0.3 is 4.74 Å². The lowest BCUT2D eigenvalue weighted by molar-refractivity contribution is -0.147. The molecule has 0 fully saturated rings. The van der Waals surface area contributed by atoms with Crippen LogP contribution in [0.15, 0.2) is 11.8 Å². The standard InChI is InChI=1S/C8H8O4/c1-4-3-6(8(11)12-4)7(10)5(2)9/h3,6H,1-2H3. The Hall–Kier alpha value is -1.45. The topological polar surface area (TPSA) is 60.4 Å². The SMILES string of the molecule is CC(=O)C(=O)C1C=C(C)OC1=O. The van der Waals surface area contributed by atoms with Crippen molar-refractivity contribution in [3.05, 3.63) is 11.8 Å².